The van der Waals surface area contributed by atoms with Crippen molar-refractivity contribution in [1.29, 1.82) is 5.26 Å². The molecule has 26 heavy (non-hydrogen) atoms. The number of rotatable bonds is 5. The van der Waals surface area contributed by atoms with E-state index in [0.29, 0.717) is 5.56 Å². The second kappa shape index (κ2) is 8.44. The zero-order chi connectivity index (χ0) is 19.1. The lowest BCUT2D eigenvalue weighted by atomic mass is 10.1. The fraction of sp³-hybridized carbons (Fsp3) is 0.105. The highest BCUT2D eigenvalue weighted by Gasteiger charge is 2.16. The molecule has 0 aromatic heterocycles. The van der Waals surface area contributed by atoms with Crippen LogP contribution in [0.1, 0.15) is 15.9 Å². The van der Waals surface area contributed by atoms with Gasteiger partial charge in [0.05, 0.1) is 12.7 Å². The number of nitrogens with one attached hydrogen (secondary N) is 1. The smallest absolute Gasteiger partial charge is 0.346 e. The van der Waals surface area contributed by atoms with Gasteiger partial charge in [-0.05, 0) is 35.9 Å². The van der Waals surface area contributed by atoms with Crippen molar-refractivity contribution in [3.63, 3.8) is 0 Å². The Morgan fingerprint density at radius 1 is 1.19 bits per heavy atom. The summed E-state index contributed by atoms with van der Waals surface area (Å²) in [6, 6.07) is 11.7. The number of carbonyl (C=O) groups excluding carboxylic acids is 2. The van der Waals surface area contributed by atoms with Crippen molar-refractivity contribution in [2.24, 2.45) is 0 Å². The van der Waals surface area contributed by atoms with E-state index in [0.717, 1.165) is 6.07 Å². The highest BCUT2D eigenvalue weighted by atomic mass is 19.1. The Balaban J connectivity index is 2.31. The third-order valence-corrected chi connectivity index (χ3v) is 3.39. The van der Waals surface area contributed by atoms with Crippen molar-refractivity contribution in [3.05, 3.63) is 65.0 Å². The lowest BCUT2D eigenvalue weighted by Crippen LogP contribution is -2.19. The number of hydrogen-bond acceptors (Lipinski definition) is 5. The molecule has 0 saturated carbocycles. The van der Waals surface area contributed by atoms with Gasteiger partial charge in [-0.1, -0.05) is 18.2 Å². The van der Waals surface area contributed by atoms with Crippen molar-refractivity contribution in [1.82, 2.24) is 5.32 Å². The van der Waals surface area contributed by atoms with Gasteiger partial charge in [0.2, 0.25) is 0 Å². The van der Waals surface area contributed by atoms with Crippen LogP contribution in [0, 0.1) is 17.1 Å². The van der Waals surface area contributed by atoms with Gasteiger partial charge >= 0.3 is 5.97 Å². The summed E-state index contributed by atoms with van der Waals surface area (Å²) in [6.45, 7) is 0. The minimum Gasteiger partial charge on any atom is -0.493 e. The molecule has 0 heterocycles. The number of halogens is 1. The fourth-order valence-electron chi connectivity index (χ4n) is 2.09. The van der Waals surface area contributed by atoms with E-state index >= 15 is 0 Å². The predicted octanol–water partition coefficient (Wildman–Crippen LogP) is 2.71. The van der Waals surface area contributed by atoms with Gasteiger partial charge in [0.15, 0.2) is 11.5 Å². The molecule has 0 unspecified atom stereocenters. The molecule has 0 aliphatic carbocycles. The summed E-state index contributed by atoms with van der Waals surface area (Å²) in [5, 5.41) is 11.4. The van der Waals surface area contributed by atoms with E-state index in [1.54, 1.807) is 6.07 Å². The molecule has 2 aromatic rings. The molecule has 0 atom stereocenters. The zero-order valence-electron chi connectivity index (χ0n) is 14.1. The third kappa shape index (κ3) is 4.24. The number of likely N-dealkylation sites (N-methyl/N-ethyl adjacent to an activating group) is 1. The topological polar surface area (TPSA) is 88.4 Å². The molecule has 2 aromatic carbocycles. The maximum absolute atomic E-state index is 13.7. The van der Waals surface area contributed by atoms with E-state index in [1.165, 1.54) is 56.6 Å². The average molecular weight is 354 g/mol. The molecule has 132 valence electrons. The van der Waals surface area contributed by atoms with Crippen molar-refractivity contribution in [2.45, 2.75) is 0 Å². The van der Waals surface area contributed by atoms with E-state index in [2.05, 4.69) is 5.32 Å². The maximum atomic E-state index is 13.7. The first-order valence-electron chi connectivity index (χ1n) is 7.48. The normalized spacial score (nSPS) is 10.6. The summed E-state index contributed by atoms with van der Waals surface area (Å²) in [4.78, 5) is 23.7. The molecule has 0 saturated heterocycles. The third-order valence-electron chi connectivity index (χ3n) is 3.39. The summed E-state index contributed by atoms with van der Waals surface area (Å²) < 4.78 is 24.0. The van der Waals surface area contributed by atoms with Gasteiger partial charge in [0.1, 0.15) is 17.5 Å². The zero-order valence-corrected chi connectivity index (χ0v) is 14.1. The molecule has 0 spiro atoms. The number of hydrogen-bond donors (Lipinski definition) is 1. The van der Waals surface area contributed by atoms with Gasteiger partial charge in [-0.3, -0.25) is 4.79 Å². The minimum atomic E-state index is -0.868. The van der Waals surface area contributed by atoms with Crippen molar-refractivity contribution in [3.8, 4) is 17.6 Å². The highest BCUT2D eigenvalue weighted by molar-refractivity contribution is 6.01. The second-order valence-corrected chi connectivity index (χ2v) is 5.03. The van der Waals surface area contributed by atoms with Gasteiger partial charge in [0, 0.05) is 7.05 Å². The van der Waals surface area contributed by atoms with Gasteiger partial charge in [0.25, 0.3) is 5.91 Å². The first kappa shape index (κ1) is 18.7. The number of carbonyl (C=O) groups is 2. The number of nitriles is 1. The van der Waals surface area contributed by atoms with Crippen LogP contribution in [0.2, 0.25) is 0 Å². The Labute approximate surface area is 149 Å². The monoisotopic (exact) mass is 354 g/mol. The molecule has 7 heteroatoms. The lowest BCUT2D eigenvalue weighted by molar-refractivity contribution is -0.116. The van der Waals surface area contributed by atoms with Gasteiger partial charge in [-0.15, -0.1) is 0 Å². The summed E-state index contributed by atoms with van der Waals surface area (Å²) in [6.07, 6.45) is 1.36. The molecule has 2 rings (SSSR count). The van der Waals surface area contributed by atoms with Crippen LogP contribution >= 0.6 is 0 Å². The molecule has 0 aliphatic heterocycles. The van der Waals surface area contributed by atoms with Crippen LogP contribution in [0.4, 0.5) is 4.39 Å². The minimum absolute atomic E-state index is 0.0800. The summed E-state index contributed by atoms with van der Waals surface area (Å²) in [7, 11) is 2.78. The van der Waals surface area contributed by atoms with Crippen molar-refractivity contribution < 1.29 is 23.5 Å². The highest BCUT2D eigenvalue weighted by Crippen LogP contribution is 2.30. The first-order valence-corrected chi connectivity index (χ1v) is 7.48. The molecule has 0 aliphatic rings. The van der Waals surface area contributed by atoms with E-state index in [4.69, 9.17) is 14.7 Å². The molecule has 1 N–H and O–H groups in total. The molecule has 6 nitrogen and oxygen atoms in total. The number of nitrogens with zero attached hydrogens (tertiary/aromatic N) is 1. The van der Waals surface area contributed by atoms with Crippen LogP contribution in [0.3, 0.4) is 0 Å². The van der Waals surface area contributed by atoms with E-state index in [1.807, 2.05) is 0 Å². The van der Waals surface area contributed by atoms with Crippen molar-refractivity contribution in [2.75, 3.05) is 14.2 Å². The molecule has 1 amide bonds. The first-order chi connectivity index (χ1) is 12.5. The maximum Gasteiger partial charge on any atom is 0.346 e. The second-order valence-electron chi connectivity index (χ2n) is 5.03. The number of esters is 1. The fourth-order valence-corrected chi connectivity index (χ4v) is 2.09. The number of methoxy groups -OCH3 is 1. The molecular weight excluding hydrogens is 339 g/mol. The number of benzene rings is 2. The standard InChI is InChI=1S/C19H15FN2O4/c1-22-18(23)13(11-21)9-12-7-8-16(17(10-12)25-2)26-19(24)14-5-3-4-6-15(14)20/h3-10H,1-2H3,(H,22,23)/b13-9+. The summed E-state index contributed by atoms with van der Waals surface area (Å²) in [5.74, 6) is -1.82. The quantitative estimate of drug-likeness (QED) is 0.386. The molecular formula is C19H15FN2O4. The SMILES string of the molecule is CNC(=O)/C(C#N)=C/c1ccc(OC(=O)c2ccccc2F)c(OC)c1. The summed E-state index contributed by atoms with van der Waals surface area (Å²) in [5.41, 5.74) is 0.197. The van der Waals surface area contributed by atoms with Gasteiger partial charge in [-0.25, -0.2) is 9.18 Å². The molecule has 0 bridgehead atoms. The summed E-state index contributed by atoms with van der Waals surface area (Å²) >= 11 is 0. The van der Waals surface area contributed by atoms with Crippen LogP contribution in [-0.2, 0) is 4.79 Å². The van der Waals surface area contributed by atoms with Crippen LogP contribution in [0.5, 0.6) is 11.5 Å². The Kier molecular flexibility index (Phi) is 6.06. The molecule has 0 fully saturated rings. The predicted molar refractivity (Wildman–Crippen MR) is 92.0 cm³/mol. The number of ether oxygens (including phenoxy) is 2. The molecule has 0 radical (unpaired) electrons. The van der Waals surface area contributed by atoms with Crippen LogP contribution in [0.25, 0.3) is 6.08 Å². The Bertz CT molecular complexity index is 916. The van der Waals surface area contributed by atoms with Gasteiger partial charge in [-0.2, -0.15) is 5.26 Å². The lowest BCUT2D eigenvalue weighted by Gasteiger charge is -2.10. The largest absolute Gasteiger partial charge is 0.493 e. The van der Waals surface area contributed by atoms with E-state index in [9.17, 15) is 14.0 Å². The van der Waals surface area contributed by atoms with E-state index in [-0.39, 0.29) is 22.6 Å². The van der Waals surface area contributed by atoms with Gasteiger partial charge < -0.3 is 14.8 Å². The Hall–Kier alpha value is -3.66. The van der Waals surface area contributed by atoms with Crippen LogP contribution in [0.15, 0.2) is 48.0 Å². The van der Waals surface area contributed by atoms with Crippen molar-refractivity contribution >= 4 is 18.0 Å². The average Bonchev–Trinajstić information content (AvgIpc) is 2.66. The number of amides is 1. The Morgan fingerprint density at radius 3 is 2.54 bits per heavy atom. The Morgan fingerprint density at radius 2 is 1.92 bits per heavy atom. The van der Waals surface area contributed by atoms with Crippen LogP contribution in [-0.4, -0.2) is 26.0 Å². The van der Waals surface area contributed by atoms with E-state index < -0.39 is 17.7 Å². The van der Waals surface area contributed by atoms with Crippen LogP contribution < -0.4 is 14.8 Å².